The molecule has 0 radical (unpaired) electrons. The smallest absolute Gasteiger partial charge is 0.253 e. The minimum absolute atomic E-state index is 0.0724. The summed E-state index contributed by atoms with van der Waals surface area (Å²) in [4.78, 5) is 32.1. The molecule has 6 nitrogen and oxygen atoms in total. The number of ether oxygens (including phenoxy) is 1. The molecule has 0 spiro atoms. The van der Waals surface area contributed by atoms with Crippen molar-refractivity contribution in [3.8, 4) is 5.75 Å². The molecule has 2 aromatic rings. The van der Waals surface area contributed by atoms with Crippen LogP contribution in [0.1, 0.15) is 41.6 Å². The Morgan fingerprint density at radius 3 is 2.33 bits per heavy atom. The van der Waals surface area contributed by atoms with Crippen LogP contribution in [0.25, 0.3) is 0 Å². The summed E-state index contributed by atoms with van der Waals surface area (Å²) in [6, 6.07) is 17.8. The van der Waals surface area contributed by atoms with E-state index in [0.717, 1.165) is 70.8 Å². The van der Waals surface area contributed by atoms with Crippen molar-refractivity contribution in [1.29, 1.82) is 0 Å². The van der Waals surface area contributed by atoms with Gasteiger partial charge in [-0.25, -0.2) is 0 Å². The number of carbonyl (C=O) groups is 2. The van der Waals surface area contributed by atoms with Gasteiger partial charge in [0.05, 0.1) is 7.11 Å². The van der Waals surface area contributed by atoms with Gasteiger partial charge in [0.15, 0.2) is 0 Å². The van der Waals surface area contributed by atoms with Crippen molar-refractivity contribution in [2.24, 2.45) is 5.92 Å². The van der Waals surface area contributed by atoms with Crippen LogP contribution >= 0.6 is 0 Å². The Bertz CT molecular complexity index is 908. The molecule has 176 valence electrons. The summed E-state index contributed by atoms with van der Waals surface area (Å²) in [6.07, 6.45) is 3.52. The number of methoxy groups -OCH3 is 1. The molecule has 2 saturated heterocycles. The van der Waals surface area contributed by atoms with E-state index in [4.69, 9.17) is 4.74 Å². The van der Waals surface area contributed by atoms with Crippen LogP contribution in [0.3, 0.4) is 0 Å². The maximum absolute atomic E-state index is 12.9. The van der Waals surface area contributed by atoms with Crippen LogP contribution in [0.15, 0.2) is 54.6 Å². The third-order valence-corrected chi connectivity index (χ3v) is 6.88. The quantitative estimate of drug-likeness (QED) is 0.647. The molecule has 6 heteroatoms. The monoisotopic (exact) mass is 449 g/mol. The van der Waals surface area contributed by atoms with Crippen LogP contribution in [-0.4, -0.2) is 72.9 Å². The van der Waals surface area contributed by atoms with Gasteiger partial charge in [0.25, 0.3) is 5.91 Å². The normalized spacial score (nSPS) is 19.4. The maximum atomic E-state index is 12.9. The summed E-state index contributed by atoms with van der Waals surface area (Å²) in [5.74, 6) is 1.47. The molecule has 0 bridgehead atoms. The van der Waals surface area contributed by atoms with Crippen molar-refractivity contribution in [3.05, 3.63) is 65.7 Å². The van der Waals surface area contributed by atoms with Gasteiger partial charge in [0.2, 0.25) is 5.91 Å². The first-order chi connectivity index (χ1) is 16.1. The Morgan fingerprint density at radius 2 is 1.64 bits per heavy atom. The van der Waals surface area contributed by atoms with Crippen LogP contribution in [0, 0.1) is 5.92 Å². The first-order valence-corrected chi connectivity index (χ1v) is 12.1. The van der Waals surface area contributed by atoms with Crippen molar-refractivity contribution in [2.75, 3.05) is 46.4 Å². The summed E-state index contributed by atoms with van der Waals surface area (Å²) in [7, 11) is 1.62. The molecule has 1 atom stereocenters. The van der Waals surface area contributed by atoms with E-state index in [2.05, 4.69) is 29.2 Å². The van der Waals surface area contributed by atoms with Gasteiger partial charge in [-0.05, 0) is 55.0 Å². The van der Waals surface area contributed by atoms with Gasteiger partial charge in [0.1, 0.15) is 5.75 Å². The van der Waals surface area contributed by atoms with Gasteiger partial charge in [0, 0.05) is 57.8 Å². The average molecular weight is 450 g/mol. The van der Waals surface area contributed by atoms with Crippen LogP contribution in [-0.2, 0) is 11.3 Å². The fraction of sp³-hybridized carbons (Fsp3) is 0.481. The number of benzene rings is 2. The minimum atomic E-state index is 0.0724. The number of hydrogen-bond acceptors (Lipinski definition) is 4. The first kappa shape index (κ1) is 23.3. The number of nitrogens with zero attached hydrogens (tertiary/aromatic N) is 3. The molecule has 0 N–H and O–H groups in total. The number of amides is 2. The molecule has 4 rings (SSSR count). The zero-order valence-electron chi connectivity index (χ0n) is 19.6. The van der Waals surface area contributed by atoms with E-state index in [1.54, 1.807) is 7.11 Å². The Kier molecular flexibility index (Phi) is 8.00. The van der Waals surface area contributed by atoms with Crippen LogP contribution in [0.2, 0.25) is 0 Å². The molecule has 0 aromatic heterocycles. The van der Waals surface area contributed by atoms with Crippen molar-refractivity contribution in [2.45, 2.75) is 32.2 Å². The highest BCUT2D eigenvalue weighted by molar-refractivity contribution is 5.94. The summed E-state index contributed by atoms with van der Waals surface area (Å²) < 4.78 is 5.18. The van der Waals surface area contributed by atoms with Crippen molar-refractivity contribution in [3.63, 3.8) is 0 Å². The lowest BCUT2D eigenvalue weighted by Gasteiger charge is -2.36. The highest BCUT2D eigenvalue weighted by Gasteiger charge is 2.26. The van der Waals surface area contributed by atoms with E-state index in [1.807, 2.05) is 40.1 Å². The van der Waals surface area contributed by atoms with Crippen molar-refractivity contribution in [1.82, 2.24) is 14.7 Å². The Morgan fingerprint density at radius 1 is 0.909 bits per heavy atom. The minimum Gasteiger partial charge on any atom is -0.497 e. The van der Waals surface area contributed by atoms with E-state index < -0.39 is 0 Å². The highest BCUT2D eigenvalue weighted by Crippen LogP contribution is 2.24. The van der Waals surface area contributed by atoms with Gasteiger partial charge < -0.3 is 14.5 Å². The van der Waals surface area contributed by atoms with Gasteiger partial charge in [-0.2, -0.15) is 0 Å². The molecule has 2 fully saturated rings. The molecule has 2 heterocycles. The lowest BCUT2D eigenvalue weighted by Crippen LogP contribution is -2.48. The van der Waals surface area contributed by atoms with Crippen LogP contribution in [0.5, 0.6) is 5.75 Å². The van der Waals surface area contributed by atoms with Crippen molar-refractivity contribution < 1.29 is 14.3 Å². The summed E-state index contributed by atoms with van der Waals surface area (Å²) >= 11 is 0. The van der Waals surface area contributed by atoms with Crippen LogP contribution in [0.4, 0.5) is 0 Å². The summed E-state index contributed by atoms with van der Waals surface area (Å²) in [6.45, 7) is 5.93. The fourth-order valence-corrected chi connectivity index (χ4v) is 4.88. The lowest BCUT2D eigenvalue weighted by atomic mass is 9.92. The summed E-state index contributed by atoms with van der Waals surface area (Å²) in [5.41, 5.74) is 2.02. The van der Waals surface area contributed by atoms with E-state index in [1.165, 1.54) is 5.56 Å². The fourth-order valence-electron chi connectivity index (χ4n) is 4.88. The van der Waals surface area contributed by atoms with Gasteiger partial charge in [-0.15, -0.1) is 0 Å². The third-order valence-electron chi connectivity index (χ3n) is 6.88. The molecule has 2 aliphatic rings. The molecule has 0 aliphatic carbocycles. The molecular formula is C27H35N3O3. The van der Waals surface area contributed by atoms with Gasteiger partial charge in [-0.1, -0.05) is 30.3 Å². The molecule has 0 unspecified atom stereocenters. The predicted octanol–water partition coefficient (Wildman–Crippen LogP) is 3.67. The van der Waals surface area contributed by atoms with Gasteiger partial charge >= 0.3 is 0 Å². The standard InChI is InChI=1S/C27H35N3O3/c1-33-25-12-10-24(11-13-25)27(32)30-15-5-8-23(21-30)9-14-26(31)29-18-16-28(17-19-29)20-22-6-3-2-4-7-22/h2-4,6-7,10-13,23H,5,8-9,14-21H2,1H3/t23-/m1/s1. The van der Waals surface area contributed by atoms with Crippen LogP contribution < -0.4 is 4.74 Å². The predicted molar refractivity (Wildman–Crippen MR) is 129 cm³/mol. The van der Waals surface area contributed by atoms with Gasteiger partial charge in [-0.3, -0.25) is 14.5 Å². The number of piperidine rings is 1. The first-order valence-electron chi connectivity index (χ1n) is 12.1. The average Bonchev–Trinajstić information content (AvgIpc) is 2.88. The molecule has 0 saturated carbocycles. The largest absolute Gasteiger partial charge is 0.497 e. The second-order valence-corrected chi connectivity index (χ2v) is 9.17. The number of piperazine rings is 1. The number of likely N-dealkylation sites (tertiary alicyclic amines) is 1. The second kappa shape index (κ2) is 11.3. The van der Waals surface area contributed by atoms with E-state index in [9.17, 15) is 9.59 Å². The maximum Gasteiger partial charge on any atom is 0.253 e. The number of rotatable bonds is 7. The molecule has 33 heavy (non-hydrogen) atoms. The highest BCUT2D eigenvalue weighted by atomic mass is 16.5. The molecule has 2 aliphatic heterocycles. The second-order valence-electron chi connectivity index (χ2n) is 9.17. The molecule has 2 amide bonds. The number of carbonyl (C=O) groups excluding carboxylic acids is 2. The zero-order valence-corrected chi connectivity index (χ0v) is 19.6. The summed E-state index contributed by atoms with van der Waals surface area (Å²) in [5, 5.41) is 0. The molecule has 2 aromatic carbocycles. The van der Waals surface area contributed by atoms with E-state index >= 15 is 0 Å². The SMILES string of the molecule is COc1ccc(C(=O)N2CCC[C@H](CCC(=O)N3CCN(Cc4ccccc4)CC3)C2)cc1. The van der Waals surface area contributed by atoms with E-state index in [0.29, 0.717) is 17.9 Å². The van der Waals surface area contributed by atoms with Crippen molar-refractivity contribution >= 4 is 11.8 Å². The lowest BCUT2D eigenvalue weighted by molar-refractivity contribution is -0.133. The Hall–Kier alpha value is -2.86. The Labute approximate surface area is 197 Å². The van der Waals surface area contributed by atoms with E-state index in [-0.39, 0.29) is 11.8 Å². The topological polar surface area (TPSA) is 53.1 Å². The molecular weight excluding hydrogens is 414 g/mol. The third kappa shape index (κ3) is 6.35. The Balaban J connectivity index is 1.20. The number of hydrogen-bond donors (Lipinski definition) is 0. The zero-order chi connectivity index (χ0) is 23.0.